The van der Waals surface area contributed by atoms with Crippen molar-refractivity contribution in [3.63, 3.8) is 0 Å². The van der Waals surface area contributed by atoms with Gasteiger partial charge in [0, 0.05) is 4.47 Å². The molecule has 2 N–H and O–H groups in total. The molecule has 3 nitrogen and oxygen atoms in total. The lowest BCUT2D eigenvalue weighted by molar-refractivity contribution is -0.120. The maximum Gasteiger partial charge on any atom is 0.250 e. The van der Waals surface area contributed by atoms with E-state index >= 15 is 0 Å². The van der Waals surface area contributed by atoms with Gasteiger partial charge in [0.2, 0.25) is 5.91 Å². The Labute approximate surface area is 103 Å². The van der Waals surface area contributed by atoms with E-state index in [2.05, 4.69) is 26.6 Å². The van der Waals surface area contributed by atoms with Crippen molar-refractivity contribution in [2.45, 2.75) is 25.3 Å². The lowest BCUT2D eigenvalue weighted by atomic mass is 9.91. The SMILES string of the molecule is CC1(C2CC2)Nc2ccc(Br)cc2NC1=O. The van der Waals surface area contributed by atoms with E-state index in [0.29, 0.717) is 5.92 Å². The van der Waals surface area contributed by atoms with Crippen LogP contribution in [0.3, 0.4) is 0 Å². The predicted molar refractivity (Wildman–Crippen MR) is 67.5 cm³/mol. The molecule has 1 heterocycles. The first-order chi connectivity index (χ1) is 7.59. The van der Waals surface area contributed by atoms with Crippen LogP contribution in [0.4, 0.5) is 11.4 Å². The lowest BCUT2D eigenvalue weighted by Crippen LogP contribution is -2.51. The normalized spacial score (nSPS) is 28.0. The van der Waals surface area contributed by atoms with E-state index < -0.39 is 5.54 Å². The Balaban J connectivity index is 2.01. The minimum absolute atomic E-state index is 0.0839. The van der Waals surface area contributed by atoms with E-state index in [1.54, 1.807) is 0 Å². The fourth-order valence-electron chi connectivity index (χ4n) is 2.27. The number of fused-ring (bicyclic) bond motifs is 1. The Bertz CT molecular complexity index is 470. The molecule has 0 spiro atoms. The molecule has 0 bridgehead atoms. The molecule has 0 radical (unpaired) electrons. The molecule has 1 atom stereocenters. The number of nitrogens with one attached hydrogen (secondary N) is 2. The van der Waals surface area contributed by atoms with Crippen molar-refractivity contribution in [3.05, 3.63) is 22.7 Å². The van der Waals surface area contributed by atoms with Gasteiger partial charge in [-0.15, -0.1) is 0 Å². The molecule has 1 saturated carbocycles. The number of anilines is 2. The molecule has 1 aliphatic carbocycles. The lowest BCUT2D eigenvalue weighted by Gasteiger charge is -2.36. The molecule has 1 aromatic rings. The highest BCUT2D eigenvalue weighted by Gasteiger charge is 2.49. The van der Waals surface area contributed by atoms with E-state index in [1.807, 2.05) is 25.1 Å². The molecule has 84 valence electrons. The first kappa shape index (κ1) is 10.1. The summed E-state index contributed by atoms with van der Waals surface area (Å²) in [6, 6.07) is 5.91. The Morgan fingerprint density at radius 3 is 2.81 bits per heavy atom. The third-order valence-electron chi connectivity index (χ3n) is 3.49. The Morgan fingerprint density at radius 1 is 1.38 bits per heavy atom. The van der Waals surface area contributed by atoms with Crippen LogP contribution in [-0.4, -0.2) is 11.4 Å². The van der Waals surface area contributed by atoms with Gasteiger partial charge in [0.25, 0.3) is 0 Å². The van der Waals surface area contributed by atoms with E-state index in [4.69, 9.17) is 0 Å². The van der Waals surface area contributed by atoms with Crippen LogP contribution in [0.15, 0.2) is 22.7 Å². The number of carbonyl (C=O) groups excluding carboxylic acids is 1. The van der Waals surface area contributed by atoms with Crippen LogP contribution < -0.4 is 10.6 Å². The molecule has 4 heteroatoms. The van der Waals surface area contributed by atoms with E-state index in [0.717, 1.165) is 28.7 Å². The minimum Gasteiger partial charge on any atom is -0.370 e. The first-order valence-electron chi connectivity index (χ1n) is 5.49. The number of carbonyl (C=O) groups is 1. The highest BCUT2D eigenvalue weighted by Crippen LogP contribution is 2.45. The zero-order valence-electron chi connectivity index (χ0n) is 9.01. The summed E-state index contributed by atoms with van der Waals surface area (Å²) in [5.74, 6) is 0.560. The predicted octanol–water partition coefficient (Wildman–Crippen LogP) is 2.98. The van der Waals surface area contributed by atoms with Crippen LogP contribution in [0.25, 0.3) is 0 Å². The number of hydrogen-bond acceptors (Lipinski definition) is 2. The summed E-state index contributed by atoms with van der Waals surface area (Å²) in [5, 5.41) is 6.36. The highest BCUT2D eigenvalue weighted by atomic mass is 79.9. The molecular weight excluding hydrogens is 268 g/mol. The second-order valence-electron chi connectivity index (χ2n) is 4.75. The average Bonchev–Trinajstić information content (AvgIpc) is 3.04. The summed E-state index contributed by atoms with van der Waals surface area (Å²) in [5.41, 5.74) is 1.44. The van der Waals surface area contributed by atoms with E-state index in [-0.39, 0.29) is 5.91 Å². The van der Waals surface area contributed by atoms with E-state index in [9.17, 15) is 4.79 Å². The quantitative estimate of drug-likeness (QED) is 0.831. The van der Waals surface area contributed by atoms with Crippen molar-refractivity contribution in [2.24, 2.45) is 5.92 Å². The van der Waals surface area contributed by atoms with Gasteiger partial charge in [0.1, 0.15) is 5.54 Å². The molecule has 1 fully saturated rings. The third-order valence-corrected chi connectivity index (χ3v) is 3.98. The van der Waals surface area contributed by atoms with Crippen molar-refractivity contribution in [3.8, 4) is 0 Å². The van der Waals surface area contributed by atoms with Gasteiger partial charge in [-0.3, -0.25) is 4.79 Å². The number of amides is 1. The summed E-state index contributed by atoms with van der Waals surface area (Å²) < 4.78 is 0.975. The van der Waals surface area contributed by atoms with Crippen molar-refractivity contribution in [2.75, 3.05) is 10.6 Å². The maximum absolute atomic E-state index is 12.1. The Morgan fingerprint density at radius 2 is 2.12 bits per heavy atom. The fourth-order valence-corrected chi connectivity index (χ4v) is 2.63. The molecule has 2 aliphatic rings. The number of hydrogen-bond donors (Lipinski definition) is 2. The van der Waals surface area contributed by atoms with Crippen LogP contribution >= 0.6 is 15.9 Å². The minimum atomic E-state index is -0.430. The van der Waals surface area contributed by atoms with Crippen LogP contribution in [0.5, 0.6) is 0 Å². The zero-order chi connectivity index (χ0) is 11.3. The molecule has 1 amide bonds. The maximum atomic E-state index is 12.1. The molecular formula is C12H13BrN2O. The smallest absolute Gasteiger partial charge is 0.250 e. The fraction of sp³-hybridized carbons (Fsp3) is 0.417. The number of benzene rings is 1. The monoisotopic (exact) mass is 280 g/mol. The molecule has 1 aromatic carbocycles. The summed E-state index contributed by atoms with van der Waals surface area (Å²) in [4.78, 5) is 12.1. The first-order valence-corrected chi connectivity index (χ1v) is 6.28. The van der Waals surface area contributed by atoms with Crippen molar-refractivity contribution >= 4 is 33.2 Å². The van der Waals surface area contributed by atoms with Gasteiger partial charge in [-0.05, 0) is 43.9 Å². The van der Waals surface area contributed by atoms with E-state index in [1.165, 1.54) is 0 Å². The van der Waals surface area contributed by atoms with Gasteiger partial charge in [-0.1, -0.05) is 15.9 Å². The van der Waals surface area contributed by atoms with Gasteiger partial charge in [-0.2, -0.15) is 0 Å². The molecule has 1 aliphatic heterocycles. The van der Waals surface area contributed by atoms with Crippen LogP contribution in [-0.2, 0) is 4.79 Å². The van der Waals surface area contributed by atoms with Crippen molar-refractivity contribution < 1.29 is 4.79 Å². The van der Waals surface area contributed by atoms with Gasteiger partial charge in [-0.25, -0.2) is 0 Å². The zero-order valence-corrected chi connectivity index (χ0v) is 10.6. The van der Waals surface area contributed by atoms with Crippen LogP contribution in [0, 0.1) is 5.92 Å². The van der Waals surface area contributed by atoms with Crippen molar-refractivity contribution in [1.29, 1.82) is 0 Å². The molecule has 0 aromatic heterocycles. The van der Waals surface area contributed by atoms with Crippen molar-refractivity contribution in [1.82, 2.24) is 0 Å². The standard InChI is InChI=1S/C12H13BrN2O/c1-12(7-2-3-7)11(16)14-10-6-8(13)4-5-9(10)15-12/h4-7,15H,2-3H2,1H3,(H,14,16). The molecule has 0 saturated heterocycles. The topological polar surface area (TPSA) is 41.1 Å². The summed E-state index contributed by atoms with van der Waals surface area (Å²) in [6.07, 6.45) is 2.28. The highest BCUT2D eigenvalue weighted by molar-refractivity contribution is 9.10. The Hall–Kier alpha value is -1.03. The Kier molecular flexibility index (Phi) is 2.05. The molecule has 3 rings (SSSR count). The summed E-state index contributed by atoms with van der Waals surface area (Å²) >= 11 is 3.40. The van der Waals surface area contributed by atoms with Crippen LogP contribution in [0.2, 0.25) is 0 Å². The molecule has 16 heavy (non-hydrogen) atoms. The van der Waals surface area contributed by atoms with Gasteiger partial charge < -0.3 is 10.6 Å². The van der Waals surface area contributed by atoms with Gasteiger partial charge >= 0.3 is 0 Å². The second kappa shape index (κ2) is 3.23. The third kappa shape index (κ3) is 1.44. The van der Waals surface area contributed by atoms with Crippen LogP contribution in [0.1, 0.15) is 19.8 Å². The number of rotatable bonds is 1. The average molecular weight is 281 g/mol. The van der Waals surface area contributed by atoms with Gasteiger partial charge in [0.05, 0.1) is 11.4 Å². The van der Waals surface area contributed by atoms with Gasteiger partial charge in [0.15, 0.2) is 0 Å². The number of halogens is 1. The summed E-state index contributed by atoms with van der Waals surface area (Å²) in [6.45, 7) is 1.99. The summed E-state index contributed by atoms with van der Waals surface area (Å²) in [7, 11) is 0. The molecule has 1 unspecified atom stereocenters. The largest absolute Gasteiger partial charge is 0.370 e. The second-order valence-corrected chi connectivity index (χ2v) is 5.66.